The first-order chi connectivity index (χ1) is 7.15. The Hall–Kier alpha value is -0.960. The summed E-state index contributed by atoms with van der Waals surface area (Å²) in [4.78, 5) is 0. The number of hydrogen-bond donors (Lipinski definition) is 0. The molecule has 3 heteroatoms. The van der Waals surface area contributed by atoms with Crippen LogP contribution in [-0.4, -0.2) is 11.2 Å². The monoisotopic (exact) mass is 267 g/mol. The number of fused-ring (bicyclic) bond motifs is 1. The zero-order chi connectivity index (χ0) is 11.0. The highest BCUT2D eigenvalue weighted by Gasteiger charge is 2.09. The highest BCUT2D eigenvalue weighted by atomic mass is 79.9. The van der Waals surface area contributed by atoms with Crippen LogP contribution < -0.4 is 4.74 Å². The van der Waals surface area contributed by atoms with Crippen molar-refractivity contribution >= 4 is 26.8 Å². The third-order valence-corrected chi connectivity index (χ3v) is 3.70. The van der Waals surface area contributed by atoms with E-state index in [0.717, 1.165) is 10.2 Å². The van der Waals surface area contributed by atoms with E-state index in [1.807, 2.05) is 13.0 Å². The third-order valence-electron chi connectivity index (χ3n) is 2.70. The quantitative estimate of drug-likeness (QED) is 0.811. The average Bonchev–Trinajstić information content (AvgIpc) is 2.45. The second-order valence-electron chi connectivity index (χ2n) is 3.57. The van der Waals surface area contributed by atoms with Crippen LogP contribution in [0.4, 0.5) is 0 Å². The average molecular weight is 268 g/mol. The van der Waals surface area contributed by atoms with E-state index in [1.165, 1.54) is 16.6 Å². The minimum absolute atomic E-state index is 0.703. The lowest BCUT2D eigenvalue weighted by molar-refractivity contribution is 0.340. The molecule has 0 radical (unpaired) electrons. The number of aromatic nitrogens is 1. The Balaban J connectivity index is 2.66. The molecule has 0 aliphatic rings. The van der Waals surface area contributed by atoms with Gasteiger partial charge in [-0.15, -0.1) is 0 Å². The first-order valence-corrected chi connectivity index (χ1v) is 5.81. The second-order valence-corrected chi connectivity index (χ2v) is 4.36. The van der Waals surface area contributed by atoms with Crippen molar-refractivity contribution in [3.63, 3.8) is 0 Å². The van der Waals surface area contributed by atoms with Gasteiger partial charge in [-0.05, 0) is 48.0 Å². The number of benzene rings is 1. The van der Waals surface area contributed by atoms with Gasteiger partial charge in [0.1, 0.15) is 5.75 Å². The van der Waals surface area contributed by atoms with Crippen molar-refractivity contribution in [3.05, 3.63) is 28.4 Å². The van der Waals surface area contributed by atoms with Crippen LogP contribution in [0.1, 0.15) is 12.6 Å². The highest BCUT2D eigenvalue weighted by molar-refractivity contribution is 9.10. The van der Waals surface area contributed by atoms with Crippen molar-refractivity contribution in [2.75, 3.05) is 6.61 Å². The molecular weight excluding hydrogens is 254 g/mol. The molecule has 0 bridgehead atoms. The van der Waals surface area contributed by atoms with Gasteiger partial charge in [-0.25, -0.2) is 0 Å². The molecule has 0 aliphatic heterocycles. The van der Waals surface area contributed by atoms with Crippen LogP contribution in [0.5, 0.6) is 5.75 Å². The van der Waals surface area contributed by atoms with E-state index in [9.17, 15) is 0 Å². The summed E-state index contributed by atoms with van der Waals surface area (Å²) in [7, 11) is 2.07. The van der Waals surface area contributed by atoms with Gasteiger partial charge in [-0.1, -0.05) is 0 Å². The molecule has 0 spiro atoms. The van der Waals surface area contributed by atoms with Gasteiger partial charge in [0.2, 0.25) is 0 Å². The summed E-state index contributed by atoms with van der Waals surface area (Å²) in [6.07, 6.45) is 0. The predicted octanol–water partition coefficient (Wildman–Crippen LogP) is 3.65. The van der Waals surface area contributed by atoms with Gasteiger partial charge in [0.25, 0.3) is 0 Å². The normalized spacial score (nSPS) is 10.9. The Labute approximate surface area is 98.0 Å². The molecule has 1 heterocycles. The Kier molecular flexibility index (Phi) is 2.74. The fourth-order valence-corrected chi connectivity index (χ4v) is 2.35. The molecule has 0 unspecified atom stereocenters. The van der Waals surface area contributed by atoms with Crippen LogP contribution >= 0.6 is 15.9 Å². The number of halogens is 1. The third kappa shape index (κ3) is 1.65. The molecule has 0 amide bonds. The first-order valence-electron chi connectivity index (χ1n) is 5.02. The molecule has 0 aliphatic carbocycles. The van der Waals surface area contributed by atoms with Crippen LogP contribution in [0.15, 0.2) is 22.7 Å². The SMILES string of the molecule is CCOc1ccc2c(c1)c(Br)c(C)n2C. The fourth-order valence-electron chi connectivity index (χ4n) is 1.76. The van der Waals surface area contributed by atoms with E-state index in [1.54, 1.807) is 0 Å². The number of nitrogens with zero attached hydrogens (tertiary/aromatic N) is 1. The molecule has 0 fully saturated rings. The number of aryl methyl sites for hydroxylation is 1. The zero-order valence-corrected chi connectivity index (χ0v) is 10.8. The maximum absolute atomic E-state index is 5.49. The van der Waals surface area contributed by atoms with Gasteiger partial charge < -0.3 is 9.30 Å². The van der Waals surface area contributed by atoms with Crippen molar-refractivity contribution in [2.45, 2.75) is 13.8 Å². The number of hydrogen-bond acceptors (Lipinski definition) is 1. The van der Waals surface area contributed by atoms with Crippen LogP contribution in [-0.2, 0) is 7.05 Å². The molecule has 1 aromatic carbocycles. The Morgan fingerprint density at radius 1 is 1.40 bits per heavy atom. The van der Waals surface area contributed by atoms with Crippen LogP contribution in [0.25, 0.3) is 10.9 Å². The molecule has 2 aromatic rings. The minimum atomic E-state index is 0.703. The van der Waals surface area contributed by atoms with Crippen molar-refractivity contribution in [1.82, 2.24) is 4.57 Å². The molecule has 15 heavy (non-hydrogen) atoms. The van der Waals surface area contributed by atoms with Crippen molar-refractivity contribution in [2.24, 2.45) is 7.05 Å². The summed E-state index contributed by atoms with van der Waals surface area (Å²) in [5, 5.41) is 1.21. The van der Waals surface area contributed by atoms with Gasteiger partial charge in [-0.3, -0.25) is 0 Å². The lowest BCUT2D eigenvalue weighted by Gasteiger charge is -2.03. The van der Waals surface area contributed by atoms with Crippen LogP contribution in [0.3, 0.4) is 0 Å². The molecule has 2 rings (SSSR count). The summed E-state index contributed by atoms with van der Waals surface area (Å²) < 4.78 is 8.82. The standard InChI is InChI=1S/C12H14BrNO/c1-4-15-9-5-6-11-10(7-9)12(13)8(2)14(11)3/h5-7H,4H2,1-3H3. The summed E-state index contributed by atoms with van der Waals surface area (Å²) in [5.41, 5.74) is 2.46. The summed E-state index contributed by atoms with van der Waals surface area (Å²) in [5.74, 6) is 0.927. The van der Waals surface area contributed by atoms with E-state index in [0.29, 0.717) is 6.61 Å². The maximum Gasteiger partial charge on any atom is 0.120 e. The first kappa shape index (κ1) is 10.6. The molecule has 2 nitrogen and oxygen atoms in total. The van der Waals surface area contributed by atoms with Gasteiger partial charge in [0, 0.05) is 28.1 Å². The van der Waals surface area contributed by atoms with Crippen molar-refractivity contribution in [1.29, 1.82) is 0 Å². The Bertz CT molecular complexity index is 502. The molecular formula is C12H14BrNO. The topological polar surface area (TPSA) is 14.2 Å². The van der Waals surface area contributed by atoms with Gasteiger partial charge in [-0.2, -0.15) is 0 Å². The molecule has 1 aromatic heterocycles. The number of ether oxygens (including phenoxy) is 1. The van der Waals surface area contributed by atoms with E-state index in [2.05, 4.69) is 46.6 Å². The van der Waals surface area contributed by atoms with E-state index < -0.39 is 0 Å². The van der Waals surface area contributed by atoms with Crippen molar-refractivity contribution < 1.29 is 4.74 Å². The zero-order valence-electron chi connectivity index (χ0n) is 9.17. The van der Waals surface area contributed by atoms with E-state index in [-0.39, 0.29) is 0 Å². The molecule has 0 saturated heterocycles. The molecule has 80 valence electrons. The Morgan fingerprint density at radius 2 is 2.13 bits per heavy atom. The molecule has 0 saturated carbocycles. The van der Waals surface area contributed by atoms with E-state index >= 15 is 0 Å². The predicted molar refractivity (Wildman–Crippen MR) is 66.5 cm³/mol. The summed E-state index contributed by atoms with van der Waals surface area (Å²) in [6, 6.07) is 6.19. The smallest absolute Gasteiger partial charge is 0.120 e. The lowest BCUT2D eigenvalue weighted by Crippen LogP contribution is -1.91. The van der Waals surface area contributed by atoms with Gasteiger partial charge in [0.05, 0.1) is 6.61 Å². The van der Waals surface area contributed by atoms with E-state index in [4.69, 9.17) is 4.74 Å². The van der Waals surface area contributed by atoms with Gasteiger partial charge in [0.15, 0.2) is 0 Å². The summed E-state index contributed by atoms with van der Waals surface area (Å²) >= 11 is 3.61. The maximum atomic E-state index is 5.49. The highest BCUT2D eigenvalue weighted by Crippen LogP contribution is 2.32. The van der Waals surface area contributed by atoms with Gasteiger partial charge >= 0.3 is 0 Å². The molecule has 0 atom stereocenters. The number of rotatable bonds is 2. The molecule has 0 N–H and O–H groups in total. The largest absolute Gasteiger partial charge is 0.494 e. The summed E-state index contributed by atoms with van der Waals surface area (Å²) in [6.45, 7) is 4.80. The van der Waals surface area contributed by atoms with Crippen molar-refractivity contribution in [3.8, 4) is 5.75 Å². The van der Waals surface area contributed by atoms with Crippen LogP contribution in [0.2, 0.25) is 0 Å². The lowest BCUT2D eigenvalue weighted by atomic mass is 10.2. The second kappa shape index (κ2) is 3.89. The minimum Gasteiger partial charge on any atom is -0.494 e. The van der Waals surface area contributed by atoms with Crippen LogP contribution in [0, 0.1) is 6.92 Å². The fraction of sp³-hybridized carbons (Fsp3) is 0.333. The Morgan fingerprint density at radius 3 is 2.80 bits per heavy atom.